The molecular weight excluding hydrogens is 1090 g/mol. The Labute approximate surface area is 490 Å². The summed E-state index contributed by atoms with van der Waals surface area (Å²) in [5.41, 5.74) is 4.02. The lowest BCUT2D eigenvalue weighted by molar-refractivity contribution is -0.335. The van der Waals surface area contributed by atoms with Crippen molar-refractivity contribution >= 4 is 40.8 Å². The third-order valence-corrected chi connectivity index (χ3v) is 15.1. The van der Waals surface area contributed by atoms with Gasteiger partial charge in [0.1, 0.15) is 36.0 Å². The first-order valence-electron chi connectivity index (χ1n) is 27.7. The minimum atomic E-state index is -1.56. The first-order chi connectivity index (χ1) is 41.4. The molecule has 0 aliphatic carbocycles. The summed E-state index contributed by atoms with van der Waals surface area (Å²) in [6, 6.07) is 71.3. The van der Waals surface area contributed by atoms with Crippen LogP contribution in [0.2, 0.25) is 0 Å². The molecule has 2 aliphatic rings. The van der Waals surface area contributed by atoms with Crippen LogP contribution < -0.4 is 0 Å². The van der Waals surface area contributed by atoms with Gasteiger partial charge in [-0.3, -0.25) is 0 Å². The Hall–Kier alpha value is -8.29. The van der Waals surface area contributed by atoms with Crippen LogP contribution in [0.25, 0.3) is 11.1 Å². The third kappa shape index (κ3) is 15.1. The minimum Gasteiger partial charge on any atom is -0.452 e. The summed E-state index contributed by atoms with van der Waals surface area (Å²) in [7, 11) is 0. The van der Waals surface area contributed by atoms with Crippen LogP contribution in [0.4, 0.5) is 0 Å². The molecule has 10 atom stereocenters. The van der Waals surface area contributed by atoms with Crippen molar-refractivity contribution in [3.8, 4) is 0 Å². The Kier molecular flexibility index (Phi) is 19.7. The van der Waals surface area contributed by atoms with Gasteiger partial charge in [-0.05, 0) is 82.5 Å². The van der Waals surface area contributed by atoms with E-state index in [1.54, 1.807) is 103 Å². The van der Waals surface area contributed by atoms with E-state index in [1.807, 2.05) is 133 Å². The molecule has 9 aromatic rings. The van der Waals surface area contributed by atoms with Crippen LogP contribution in [0.15, 0.2) is 246 Å². The van der Waals surface area contributed by atoms with E-state index in [0.717, 1.165) is 34.0 Å². The Morgan fingerprint density at radius 3 is 1.29 bits per heavy atom. The van der Waals surface area contributed by atoms with Gasteiger partial charge in [0, 0.05) is 0 Å². The minimum absolute atomic E-state index is 0.0389. The number of aromatic nitrogens is 1. The highest BCUT2D eigenvalue weighted by Gasteiger charge is 2.55. The zero-order chi connectivity index (χ0) is 57.3. The van der Waals surface area contributed by atoms with Gasteiger partial charge in [0.2, 0.25) is 0 Å². The van der Waals surface area contributed by atoms with Gasteiger partial charge in [-0.25, -0.2) is 19.4 Å². The number of carbonyl (C=O) groups excluding carboxylic acids is 3. The average molecular weight is 1150 g/mol. The second-order valence-electron chi connectivity index (χ2n) is 20.0. The van der Waals surface area contributed by atoms with Crippen LogP contribution in [0.3, 0.4) is 0 Å². The van der Waals surface area contributed by atoms with Crippen LogP contribution in [-0.2, 0) is 73.8 Å². The van der Waals surface area contributed by atoms with Crippen LogP contribution in [0.1, 0.15) is 53.3 Å². The fourth-order valence-corrected chi connectivity index (χ4v) is 10.9. The quantitative estimate of drug-likeness (QED) is 0.0413. The molecule has 0 bridgehead atoms. The maximum Gasteiger partial charge on any atom is 0.338 e. The lowest BCUT2D eigenvalue weighted by Crippen LogP contribution is -2.64. The number of benzene rings is 8. The molecule has 2 aliphatic heterocycles. The largest absolute Gasteiger partial charge is 0.452 e. The van der Waals surface area contributed by atoms with E-state index in [1.165, 1.54) is 0 Å². The smallest absolute Gasteiger partial charge is 0.338 e. The molecule has 0 saturated carbocycles. The van der Waals surface area contributed by atoms with Crippen molar-refractivity contribution in [3.05, 3.63) is 276 Å². The Balaban J connectivity index is 0.993. The number of rotatable bonds is 24. The Bertz CT molecular complexity index is 3440. The molecule has 0 spiro atoms. The van der Waals surface area contributed by atoms with Crippen molar-refractivity contribution < 1.29 is 66.2 Å². The molecule has 428 valence electrons. The number of oxazole rings is 1. The zero-order valence-corrected chi connectivity index (χ0v) is 46.4. The molecule has 16 heteroatoms. The number of thioether (sulfide) groups is 1. The number of ether oxygens (including phenoxy) is 10. The SMILES string of the molecule is O=C(OC1C(COC2OC(COCc3ccccc3)C(OCc3ccccc3)C(OCc3ccccc3)C2OCc2ccccc2)OC(Sc2nc3ccccc3o2)C(OC(=O)c2ccccc2)C1OC(=O)c1ccccc1)c1ccccc1. The number of carbonyl (C=O) groups is 3. The predicted molar refractivity (Wildman–Crippen MR) is 311 cm³/mol. The molecule has 2 fully saturated rings. The molecular formula is C68H61NO14S. The number of esters is 3. The van der Waals surface area contributed by atoms with Crippen molar-refractivity contribution in [1.29, 1.82) is 0 Å². The summed E-state index contributed by atoms with van der Waals surface area (Å²) in [5, 5.41) is 0.151. The van der Waals surface area contributed by atoms with Crippen molar-refractivity contribution in [2.45, 2.75) is 92.2 Å². The van der Waals surface area contributed by atoms with Crippen LogP contribution in [0, 0.1) is 0 Å². The fraction of sp³-hybridized carbons (Fsp3) is 0.235. The summed E-state index contributed by atoms with van der Waals surface area (Å²) in [6.45, 7) is 0.398. The van der Waals surface area contributed by atoms with E-state index in [9.17, 15) is 14.4 Å². The van der Waals surface area contributed by atoms with Crippen LogP contribution in [0.5, 0.6) is 0 Å². The number of para-hydroxylation sites is 2. The maximum atomic E-state index is 14.6. The van der Waals surface area contributed by atoms with Gasteiger partial charge < -0.3 is 51.8 Å². The molecule has 0 radical (unpaired) electrons. The lowest BCUT2D eigenvalue weighted by Gasteiger charge is -2.47. The van der Waals surface area contributed by atoms with E-state index >= 15 is 0 Å². The third-order valence-electron chi connectivity index (χ3n) is 14.1. The monoisotopic (exact) mass is 1150 g/mol. The molecule has 0 N–H and O–H groups in total. The van der Waals surface area contributed by atoms with Crippen LogP contribution in [-0.4, -0.2) is 96.7 Å². The second-order valence-corrected chi connectivity index (χ2v) is 21.0. The topological polar surface area (TPSA) is 170 Å². The standard InChI is InChI=1S/C68H61NO14S/c70-63(50-32-16-5-17-33-50)81-58-56(79-67(84-68-69-53-38-22-23-39-54(53)80-68)62(83-65(72)52-36-20-7-21-37-52)60(58)82-64(71)51-34-18-6-19-35-51)45-77-66-61(76-43-49-30-14-4-15-31-49)59(75-42-48-28-12-3-13-29-48)57(74-41-47-26-10-2-11-27-47)55(78-66)44-73-40-46-24-8-1-9-25-46/h1-39,55-62,66-67H,40-45H2. The van der Waals surface area contributed by atoms with Gasteiger partial charge in [0.05, 0.1) is 56.3 Å². The molecule has 11 rings (SSSR count). The fourth-order valence-electron chi connectivity index (χ4n) is 9.88. The van der Waals surface area contributed by atoms with E-state index in [0.29, 0.717) is 11.1 Å². The highest BCUT2D eigenvalue weighted by atomic mass is 32.2. The molecule has 0 amide bonds. The normalized spacial score (nSPS) is 22.2. The summed E-state index contributed by atoms with van der Waals surface area (Å²) in [4.78, 5) is 48.2. The van der Waals surface area contributed by atoms with Gasteiger partial charge in [0.25, 0.3) is 5.22 Å². The van der Waals surface area contributed by atoms with Crippen molar-refractivity contribution in [2.75, 3.05) is 13.2 Å². The van der Waals surface area contributed by atoms with E-state index < -0.39 is 85.1 Å². The summed E-state index contributed by atoms with van der Waals surface area (Å²) < 4.78 is 74.2. The van der Waals surface area contributed by atoms with Crippen LogP contribution >= 0.6 is 11.8 Å². The van der Waals surface area contributed by atoms with Gasteiger partial charge in [-0.1, -0.05) is 188 Å². The summed E-state index contributed by atoms with van der Waals surface area (Å²) >= 11 is 0.994. The average Bonchev–Trinajstić information content (AvgIpc) is 3.83. The number of hydrogen-bond acceptors (Lipinski definition) is 16. The first-order valence-corrected chi connectivity index (χ1v) is 28.6. The summed E-state index contributed by atoms with van der Waals surface area (Å²) in [6.07, 6.45) is -10.6. The highest BCUT2D eigenvalue weighted by molar-refractivity contribution is 7.99. The van der Waals surface area contributed by atoms with Crippen molar-refractivity contribution in [1.82, 2.24) is 4.98 Å². The molecule has 1 aromatic heterocycles. The van der Waals surface area contributed by atoms with Gasteiger partial charge in [-0.2, -0.15) is 0 Å². The second kappa shape index (κ2) is 28.8. The number of fused-ring (bicyclic) bond motifs is 1. The highest BCUT2D eigenvalue weighted by Crippen LogP contribution is 2.40. The van der Waals surface area contributed by atoms with Gasteiger partial charge >= 0.3 is 17.9 Å². The molecule has 8 aromatic carbocycles. The molecule has 15 nitrogen and oxygen atoms in total. The Morgan fingerprint density at radius 2 is 0.786 bits per heavy atom. The van der Waals surface area contributed by atoms with E-state index in [4.69, 9.17) is 56.8 Å². The number of hydrogen-bond donors (Lipinski definition) is 0. The van der Waals surface area contributed by atoms with E-state index in [2.05, 4.69) is 0 Å². The molecule has 10 unspecified atom stereocenters. The van der Waals surface area contributed by atoms with Gasteiger partial charge in [0.15, 0.2) is 35.6 Å². The van der Waals surface area contributed by atoms with Gasteiger partial charge in [-0.15, -0.1) is 0 Å². The maximum absolute atomic E-state index is 14.6. The number of nitrogens with zero attached hydrogens (tertiary/aromatic N) is 1. The Morgan fingerprint density at radius 1 is 0.381 bits per heavy atom. The first kappa shape index (κ1) is 57.5. The molecule has 84 heavy (non-hydrogen) atoms. The van der Waals surface area contributed by atoms with Crippen molar-refractivity contribution in [3.63, 3.8) is 0 Å². The van der Waals surface area contributed by atoms with E-state index in [-0.39, 0.29) is 54.9 Å². The molecule has 3 heterocycles. The summed E-state index contributed by atoms with van der Waals surface area (Å²) in [5.74, 6) is -2.34. The van der Waals surface area contributed by atoms with Crippen molar-refractivity contribution in [2.24, 2.45) is 0 Å². The lowest BCUT2D eigenvalue weighted by atomic mass is 9.97. The predicted octanol–water partition coefficient (Wildman–Crippen LogP) is 12.0. The zero-order valence-electron chi connectivity index (χ0n) is 45.6. The molecule has 2 saturated heterocycles.